The Morgan fingerprint density at radius 1 is 1.12 bits per heavy atom. The highest BCUT2D eigenvalue weighted by atomic mass is 16.5. The Morgan fingerprint density at radius 2 is 1.65 bits per heavy atom. The maximum absolute atomic E-state index is 9.83. The number of rotatable bonds is 5. The van der Waals surface area contributed by atoms with Crippen molar-refractivity contribution < 1.29 is 19.3 Å². The van der Waals surface area contributed by atoms with Crippen molar-refractivity contribution in [2.24, 2.45) is 0 Å². The third-order valence-corrected chi connectivity index (χ3v) is 2.36. The average Bonchev–Trinajstić information content (AvgIpc) is 2.37. The van der Waals surface area contributed by atoms with Gasteiger partial charge in [-0.3, -0.25) is 0 Å². The number of methoxy groups -OCH3 is 3. The average molecular weight is 237 g/mol. The second-order valence-corrected chi connectivity index (χ2v) is 3.31. The van der Waals surface area contributed by atoms with Gasteiger partial charge in [-0.05, 0) is 6.07 Å². The van der Waals surface area contributed by atoms with Crippen LogP contribution in [0.4, 0.5) is 0 Å². The van der Waals surface area contributed by atoms with Gasteiger partial charge in [-0.25, -0.2) is 6.57 Å². The minimum absolute atomic E-state index is 0.0220. The topological polar surface area (TPSA) is 52.3 Å². The molecule has 0 aliphatic heterocycles. The highest BCUT2D eigenvalue weighted by Gasteiger charge is 2.19. The predicted octanol–water partition coefficient (Wildman–Crippen LogP) is 1.67. The van der Waals surface area contributed by atoms with Crippen LogP contribution in [0.1, 0.15) is 11.7 Å². The summed E-state index contributed by atoms with van der Waals surface area (Å²) < 4.78 is 15.4. The summed E-state index contributed by atoms with van der Waals surface area (Å²) in [5.74, 6) is 1.48. The van der Waals surface area contributed by atoms with E-state index >= 15 is 0 Å². The van der Waals surface area contributed by atoms with Gasteiger partial charge in [0.25, 0.3) is 0 Å². The highest BCUT2D eigenvalue weighted by Crippen LogP contribution is 2.37. The number of aliphatic hydroxyl groups excluding tert-OH is 1. The highest BCUT2D eigenvalue weighted by molar-refractivity contribution is 5.51. The lowest BCUT2D eigenvalue weighted by Crippen LogP contribution is -2.04. The zero-order valence-electron chi connectivity index (χ0n) is 10.1. The van der Waals surface area contributed by atoms with E-state index in [0.29, 0.717) is 22.8 Å². The van der Waals surface area contributed by atoms with Crippen LogP contribution in [0.25, 0.3) is 4.85 Å². The molecular formula is C12H15NO4. The Bertz CT molecular complexity index is 425. The lowest BCUT2D eigenvalue weighted by atomic mass is 10.1. The molecule has 0 saturated carbocycles. The maximum Gasteiger partial charge on any atom is 0.244 e. The molecule has 1 aromatic rings. The molecule has 0 aliphatic carbocycles. The summed E-state index contributed by atoms with van der Waals surface area (Å²) in [4.78, 5) is 3.16. The van der Waals surface area contributed by atoms with E-state index in [4.69, 9.17) is 20.8 Å². The molecular weight excluding hydrogens is 222 g/mol. The molecule has 1 rings (SSSR count). The summed E-state index contributed by atoms with van der Waals surface area (Å²) in [6, 6.07) is 3.24. The molecule has 92 valence electrons. The van der Waals surface area contributed by atoms with Crippen LogP contribution in [0.2, 0.25) is 0 Å². The molecule has 0 radical (unpaired) electrons. The number of aliphatic hydroxyl groups is 1. The molecule has 1 aromatic carbocycles. The van der Waals surface area contributed by atoms with Gasteiger partial charge in [-0.1, -0.05) is 0 Å². The fourth-order valence-corrected chi connectivity index (χ4v) is 1.50. The quantitative estimate of drug-likeness (QED) is 0.791. The Kier molecular flexibility index (Phi) is 4.61. The van der Waals surface area contributed by atoms with Gasteiger partial charge in [-0.15, -0.1) is 0 Å². The van der Waals surface area contributed by atoms with E-state index in [1.807, 2.05) is 0 Å². The third kappa shape index (κ3) is 2.80. The van der Waals surface area contributed by atoms with Crippen molar-refractivity contribution in [2.75, 3.05) is 27.9 Å². The van der Waals surface area contributed by atoms with Gasteiger partial charge in [0.05, 0.1) is 21.3 Å². The van der Waals surface area contributed by atoms with Gasteiger partial charge in [0.15, 0.2) is 17.6 Å². The van der Waals surface area contributed by atoms with Gasteiger partial charge < -0.3 is 24.2 Å². The SMILES string of the molecule is [C-]#[N+]CC(O)c1cc(OC)c(OC)cc1OC. The fraction of sp³-hybridized carbons (Fsp3) is 0.417. The molecule has 0 amide bonds. The van der Waals surface area contributed by atoms with E-state index in [1.165, 1.54) is 21.3 Å². The second-order valence-electron chi connectivity index (χ2n) is 3.31. The van der Waals surface area contributed by atoms with Crippen LogP contribution in [0.5, 0.6) is 17.2 Å². The largest absolute Gasteiger partial charge is 0.496 e. The molecule has 0 fully saturated rings. The number of ether oxygens (including phenoxy) is 3. The van der Waals surface area contributed by atoms with Crippen molar-refractivity contribution in [1.82, 2.24) is 0 Å². The van der Waals surface area contributed by atoms with E-state index < -0.39 is 6.10 Å². The minimum atomic E-state index is -0.901. The summed E-state index contributed by atoms with van der Waals surface area (Å²) in [5.41, 5.74) is 0.515. The van der Waals surface area contributed by atoms with E-state index in [1.54, 1.807) is 12.1 Å². The standard InChI is InChI=1S/C12H15NO4/c1-13-7-9(14)8-5-11(16-3)12(17-4)6-10(8)15-2/h5-6,9,14H,7H2,2-4H3. The molecule has 1 unspecified atom stereocenters. The van der Waals surface area contributed by atoms with Crippen LogP contribution < -0.4 is 14.2 Å². The van der Waals surface area contributed by atoms with Crippen LogP contribution in [0.15, 0.2) is 12.1 Å². The first kappa shape index (κ1) is 13.1. The van der Waals surface area contributed by atoms with Crippen LogP contribution in [-0.2, 0) is 0 Å². The normalized spacial score (nSPS) is 11.5. The van der Waals surface area contributed by atoms with Crippen molar-refractivity contribution in [3.63, 3.8) is 0 Å². The Hall–Kier alpha value is -1.93. The first-order valence-electron chi connectivity index (χ1n) is 4.99. The fourth-order valence-electron chi connectivity index (χ4n) is 1.50. The van der Waals surface area contributed by atoms with Crippen molar-refractivity contribution in [3.05, 3.63) is 29.1 Å². The summed E-state index contributed by atoms with van der Waals surface area (Å²) in [6.07, 6.45) is -0.901. The summed E-state index contributed by atoms with van der Waals surface area (Å²) in [6.45, 7) is 6.73. The third-order valence-electron chi connectivity index (χ3n) is 2.36. The monoisotopic (exact) mass is 237 g/mol. The lowest BCUT2D eigenvalue weighted by molar-refractivity contribution is 0.189. The molecule has 1 atom stereocenters. The van der Waals surface area contributed by atoms with Crippen molar-refractivity contribution in [2.45, 2.75) is 6.10 Å². The van der Waals surface area contributed by atoms with Crippen LogP contribution in [-0.4, -0.2) is 33.0 Å². The molecule has 5 heteroatoms. The van der Waals surface area contributed by atoms with Crippen molar-refractivity contribution >= 4 is 0 Å². The number of benzene rings is 1. The zero-order chi connectivity index (χ0) is 12.8. The summed E-state index contributed by atoms with van der Waals surface area (Å²) >= 11 is 0. The van der Waals surface area contributed by atoms with Gasteiger partial charge in [0.2, 0.25) is 6.54 Å². The number of hydrogen-bond donors (Lipinski definition) is 1. The Balaban J connectivity index is 3.24. The molecule has 0 bridgehead atoms. The summed E-state index contributed by atoms with van der Waals surface area (Å²) in [5, 5.41) is 9.83. The molecule has 0 aliphatic rings. The zero-order valence-corrected chi connectivity index (χ0v) is 10.1. The molecule has 17 heavy (non-hydrogen) atoms. The molecule has 5 nitrogen and oxygen atoms in total. The number of hydrogen-bond acceptors (Lipinski definition) is 4. The molecule has 1 N–H and O–H groups in total. The van der Waals surface area contributed by atoms with E-state index in [-0.39, 0.29) is 6.54 Å². The van der Waals surface area contributed by atoms with Gasteiger partial charge in [0.1, 0.15) is 5.75 Å². The van der Waals surface area contributed by atoms with Crippen LogP contribution in [0.3, 0.4) is 0 Å². The smallest absolute Gasteiger partial charge is 0.244 e. The second kappa shape index (κ2) is 5.97. The maximum atomic E-state index is 9.83. The number of nitrogens with zero attached hydrogens (tertiary/aromatic N) is 1. The van der Waals surface area contributed by atoms with Gasteiger partial charge >= 0.3 is 0 Å². The first-order valence-corrected chi connectivity index (χ1v) is 4.99. The van der Waals surface area contributed by atoms with Crippen molar-refractivity contribution in [3.8, 4) is 17.2 Å². The molecule has 0 heterocycles. The first-order chi connectivity index (χ1) is 8.17. The molecule has 0 aromatic heterocycles. The molecule has 0 spiro atoms. The van der Waals surface area contributed by atoms with Gasteiger partial charge in [0, 0.05) is 11.6 Å². The van der Waals surface area contributed by atoms with Crippen molar-refractivity contribution in [1.29, 1.82) is 0 Å². The van der Waals surface area contributed by atoms with Gasteiger partial charge in [-0.2, -0.15) is 0 Å². The van der Waals surface area contributed by atoms with Crippen LogP contribution >= 0.6 is 0 Å². The predicted molar refractivity (Wildman–Crippen MR) is 62.5 cm³/mol. The minimum Gasteiger partial charge on any atom is -0.496 e. The van der Waals surface area contributed by atoms with E-state index in [9.17, 15) is 5.11 Å². The Labute approximate surface area is 100 Å². The Morgan fingerprint density at radius 3 is 2.12 bits per heavy atom. The van der Waals surface area contributed by atoms with E-state index in [0.717, 1.165) is 0 Å². The summed E-state index contributed by atoms with van der Waals surface area (Å²) in [7, 11) is 4.52. The van der Waals surface area contributed by atoms with E-state index in [2.05, 4.69) is 4.85 Å². The lowest BCUT2D eigenvalue weighted by Gasteiger charge is -2.15. The van der Waals surface area contributed by atoms with Crippen LogP contribution in [0, 0.1) is 6.57 Å². The molecule has 0 saturated heterocycles.